The Morgan fingerprint density at radius 3 is 2.47 bits per heavy atom. The number of amides is 2. The summed E-state index contributed by atoms with van der Waals surface area (Å²) in [5.41, 5.74) is 0.957. The lowest BCUT2D eigenvalue weighted by Gasteiger charge is -2.22. The van der Waals surface area contributed by atoms with Gasteiger partial charge in [-0.15, -0.1) is 0 Å². The highest BCUT2D eigenvalue weighted by Crippen LogP contribution is 2.20. The maximum Gasteiger partial charge on any atom is 0.291 e. The molecule has 3 rings (SSSR count). The molecule has 9 heteroatoms. The second-order valence-electron chi connectivity index (χ2n) is 7.20. The van der Waals surface area contributed by atoms with Crippen LogP contribution in [0.1, 0.15) is 13.8 Å². The molecule has 0 unspecified atom stereocenters. The van der Waals surface area contributed by atoms with E-state index in [0.717, 1.165) is 0 Å². The van der Waals surface area contributed by atoms with Gasteiger partial charge in [-0.2, -0.15) is 0 Å². The van der Waals surface area contributed by atoms with Gasteiger partial charge in [-0.25, -0.2) is 4.68 Å². The predicted molar refractivity (Wildman–Crippen MR) is 127 cm³/mol. The van der Waals surface area contributed by atoms with Gasteiger partial charge in [0.25, 0.3) is 5.56 Å². The minimum Gasteiger partial charge on any atom is -0.319 e. The maximum atomic E-state index is 13.2. The summed E-state index contributed by atoms with van der Waals surface area (Å²) >= 11 is 6.09. The first-order valence-electron chi connectivity index (χ1n) is 10.3. The summed E-state index contributed by atoms with van der Waals surface area (Å²) in [7, 11) is 1.66. The molecule has 1 atom stereocenters. The predicted octanol–water partition coefficient (Wildman–Crippen LogP) is 2.89. The zero-order valence-corrected chi connectivity index (χ0v) is 19.0. The first-order valence-corrected chi connectivity index (χ1v) is 10.7. The Morgan fingerprint density at radius 1 is 1.12 bits per heavy atom. The lowest BCUT2D eigenvalue weighted by Crippen LogP contribution is -2.39. The van der Waals surface area contributed by atoms with Crippen LogP contribution in [0.4, 0.5) is 11.4 Å². The third-order valence-electron chi connectivity index (χ3n) is 5.10. The monoisotopic (exact) mass is 455 g/mol. The third kappa shape index (κ3) is 5.09. The number of hydrogen-bond acceptors (Lipinski definition) is 4. The van der Waals surface area contributed by atoms with Gasteiger partial charge < -0.3 is 15.5 Å². The molecule has 0 radical (unpaired) electrons. The smallest absolute Gasteiger partial charge is 0.291 e. The van der Waals surface area contributed by atoms with Crippen LogP contribution in [-0.4, -0.2) is 40.8 Å². The molecule has 2 N–H and O–H groups in total. The van der Waals surface area contributed by atoms with E-state index in [1.54, 1.807) is 47.8 Å². The second-order valence-corrected chi connectivity index (χ2v) is 7.64. The Bertz CT molecular complexity index is 1160. The van der Waals surface area contributed by atoms with Crippen molar-refractivity contribution in [1.29, 1.82) is 0 Å². The summed E-state index contributed by atoms with van der Waals surface area (Å²) in [6.45, 7) is 3.73. The quantitative estimate of drug-likeness (QED) is 0.546. The van der Waals surface area contributed by atoms with Crippen molar-refractivity contribution < 1.29 is 9.59 Å². The number of nitrogens with zero attached hydrogens (tertiary/aromatic N) is 3. The SMILES string of the molecule is CCN(C(=O)Cn1c(=O)c(NC(=O)[C@H](C)NC)cn1-c1ccccc1)c1cccc(Cl)c1. The van der Waals surface area contributed by atoms with Gasteiger partial charge in [-0.05, 0) is 51.2 Å². The van der Waals surface area contributed by atoms with Gasteiger partial charge in [0.15, 0.2) is 0 Å². The molecule has 2 aromatic carbocycles. The van der Waals surface area contributed by atoms with Crippen LogP contribution in [0.2, 0.25) is 5.02 Å². The molecule has 1 heterocycles. The fraction of sp³-hybridized carbons (Fsp3) is 0.261. The molecular weight excluding hydrogens is 430 g/mol. The van der Waals surface area contributed by atoms with E-state index in [-0.39, 0.29) is 24.0 Å². The zero-order chi connectivity index (χ0) is 23.3. The van der Waals surface area contributed by atoms with Crippen LogP contribution in [0.3, 0.4) is 0 Å². The van der Waals surface area contributed by atoms with Crippen LogP contribution in [0.25, 0.3) is 5.69 Å². The first-order chi connectivity index (χ1) is 15.3. The zero-order valence-electron chi connectivity index (χ0n) is 18.2. The van der Waals surface area contributed by atoms with E-state index in [1.165, 1.54) is 10.9 Å². The Hall–Kier alpha value is -3.36. The van der Waals surface area contributed by atoms with Crippen molar-refractivity contribution >= 4 is 34.8 Å². The standard InChI is InChI=1S/C23H26ClN5O3/c1-4-27(19-12-8-9-17(24)13-19)21(30)15-29-23(32)20(26-22(31)16(2)25-3)14-28(29)18-10-6-5-7-11-18/h5-14,16,25H,4,15H2,1-3H3,(H,26,31)/t16-/m0/s1. The number of carbonyl (C=O) groups excluding carboxylic acids is 2. The number of halogens is 1. The molecule has 0 bridgehead atoms. The van der Waals surface area contributed by atoms with Crippen molar-refractivity contribution in [2.75, 3.05) is 23.8 Å². The van der Waals surface area contributed by atoms with Crippen molar-refractivity contribution in [3.05, 3.63) is 76.2 Å². The van der Waals surface area contributed by atoms with Gasteiger partial charge in [0, 0.05) is 17.3 Å². The van der Waals surface area contributed by atoms with E-state index in [4.69, 9.17) is 11.6 Å². The molecule has 0 saturated heterocycles. The van der Waals surface area contributed by atoms with Gasteiger partial charge in [-0.1, -0.05) is 35.9 Å². The van der Waals surface area contributed by atoms with E-state index >= 15 is 0 Å². The largest absolute Gasteiger partial charge is 0.319 e. The number of hydrogen-bond donors (Lipinski definition) is 2. The van der Waals surface area contributed by atoms with Crippen LogP contribution in [0.15, 0.2) is 65.6 Å². The number of nitrogens with one attached hydrogen (secondary N) is 2. The Labute approximate surface area is 191 Å². The number of aromatic nitrogens is 2. The molecule has 8 nitrogen and oxygen atoms in total. The molecule has 168 valence electrons. The van der Waals surface area contributed by atoms with Crippen molar-refractivity contribution in [2.24, 2.45) is 0 Å². The average molecular weight is 456 g/mol. The van der Waals surface area contributed by atoms with Crippen LogP contribution in [-0.2, 0) is 16.1 Å². The number of rotatable bonds is 8. The lowest BCUT2D eigenvalue weighted by atomic mass is 10.3. The van der Waals surface area contributed by atoms with Gasteiger partial charge in [0.1, 0.15) is 12.2 Å². The minimum absolute atomic E-state index is 0.0968. The molecule has 1 aromatic heterocycles. The summed E-state index contributed by atoms with van der Waals surface area (Å²) in [5.74, 6) is -0.629. The maximum absolute atomic E-state index is 13.2. The number of benzene rings is 2. The number of para-hydroxylation sites is 1. The molecule has 2 amide bonds. The van der Waals surface area contributed by atoms with E-state index in [9.17, 15) is 14.4 Å². The number of carbonyl (C=O) groups is 2. The molecule has 0 fully saturated rings. The molecule has 32 heavy (non-hydrogen) atoms. The topological polar surface area (TPSA) is 88.4 Å². The fourth-order valence-corrected chi connectivity index (χ4v) is 3.43. The first kappa shape index (κ1) is 23.3. The van der Waals surface area contributed by atoms with Crippen molar-refractivity contribution in [2.45, 2.75) is 26.4 Å². The van der Waals surface area contributed by atoms with Crippen molar-refractivity contribution in [3.8, 4) is 5.69 Å². The fourth-order valence-electron chi connectivity index (χ4n) is 3.24. The highest BCUT2D eigenvalue weighted by atomic mass is 35.5. The molecule has 0 aliphatic heterocycles. The van der Waals surface area contributed by atoms with Crippen molar-refractivity contribution in [1.82, 2.24) is 14.7 Å². The lowest BCUT2D eigenvalue weighted by molar-refractivity contribution is -0.119. The van der Waals surface area contributed by atoms with Gasteiger partial charge in [-0.3, -0.25) is 19.1 Å². The highest BCUT2D eigenvalue weighted by molar-refractivity contribution is 6.30. The van der Waals surface area contributed by atoms with Crippen LogP contribution in [0, 0.1) is 0 Å². The van der Waals surface area contributed by atoms with Gasteiger partial charge >= 0.3 is 0 Å². The average Bonchev–Trinajstić information content (AvgIpc) is 3.09. The summed E-state index contributed by atoms with van der Waals surface area (Å²) in [6, 6.07) is 15.7. The summed E-state index contributed by atoms with van der Waals surface area (Å²) in [6.07, 6.45) is 1.53. The summed E-state index contributed by atoms with van der Waals surface area (Å²) in [4.78, 5) is 40.2. The Morgan fingerprint density at radius 2 is 1.84 bits per heavy atom. The van der Waals surface area contributed by atoms with Gasteiger partial charge in [0.2, 0.25) is 11.8 Å². The molecule has 0 aliphatic carbocycles. The minimum atomic E-state index is -0.483. The Kier molecular flexibility index (Phi) is 7.50. The molecular formula is C23H26ClN5O3. The number of anilines is 2. The van der Waals surface area contributed by atoms with Crippen LogP contribution >= 0.6 is 11.6 Å². The molecule has 3 aromatic rings. The molecule has 0 saturated carbocycles. The van der Waals surface area contributed by atoms with E-state index in [0.29, 0.717) is 22.9 Å². The van der Waals surface area contributed by atoms with Crippen LogP contribution in [0.5, 0.6) is 0 Å². The third-order valence-corrected chi connectivity index (χ3v) is 5.34. The van der Waals surface area contributed by atoms with Crippen LogP contribution < -0.4 is 21.1 Å². The summed E-state index contributed by atoms with van der Waals surface area (Å²) < 4.78 is 2.89. The molecule has 0 aliphatic rings. The van der Waals surface area contributed by atoms with E-state index in [2.05, 4.69) is 10.6 Å². The molecule has 0 spiro atoms. The van der Waals surface area contributed by atoms with E-state index < -0.39 is 11.6 Å². The Balaban J connectivity index is 1.99. The normalized spacial score (nSPS) is 11.8. The highest BCUT2D eigenvalue weighted by Gasteiger charge is 2.21. The van der Waals surface area contributed by atoms with E-state index in [1.807, 2.05) is 37.3 Å². The summed E-state index contributed by atoms with van der Waals surface area (Å²) in [5, 5.41) is 6.00. The number of likely N-dealkylation sites (N-methyl/N-ethyl adjacent to an activating group) is 2. The van der Waals surface area contributed by atoms with Crippen molar-refractivity contribution in [3.63, 3.8) is 0 Å². The second kappa shape index (κ2) is 10.3. The van der Waals surface area contributed by atoms with Gasteiger partial charge in [0.05, 0.1) is 17.9 Å².